The molecular formula is C15H15ClN2O3. The summed E-state index contributed by atoms with van der Waals surface area (Å²) in [5.41, 5.74) is 0.367. The predicted octanol–water partition coefficient (Wildman–Crippen LogP) is 2.74. The zero-order chi connectivity index (χ0) is 15.4. The third-order valence-corrected chi connectivity index (χ3v) is 2.96. The van der Waals surface area contributed by atoms with Crippen LogP contribution in [0, 0.1) is 0 Å². The highest BCUT2D eigenvalue weighted by molar-refractivity contribution is 6.30. The van der Waals surface area contributed by atoms with Gasteiger partial charge in [-0.1, -0.05) is 11.6 Å². The molecule has 1 atom stereocenters. The summed E-state index contributed by atoms with van der Waals surface area (Å²) < 4.78 is 5.39. The van der Waals surface area contributed by atoms with E-state index in [-0.39, 0.29) is 5.76 Å². The predicted molar refractivity (Wildman–Crippen MR) is 80.7 cm³/mol. The van der Waals surface area contributed by atoms with Gasteiger partial charge in [0.2, 0.25) is 0 Å². The van der Waals surface area contributed by atoms with Gasteiger partial charge in [0, 0.05) is 24.7 Å². The number of nitrogens with zero attached hydrogens (tertiary/aromatic N) is 2. The Hall–Kier alpha value is -2.11. The third-order valence-electron chi connectivity index (χ3n) is 2.71. The highest BCUT2D eigenvalue weighted by Gasteiger charge is 2.22. The molecule has 1 N–H and O–H groups in total. The van der Waals surface area contributed by atoms with Crippen molar-refractivity contribution in [1.29, 1.82) is 0 Å². The number of benzene rings is 1. The molecule has 21 heavy (non-hydrogen) atoms. The maximum atomic E-state index is 12.1. The van der Waals surface area contributed by atoms with Gasteiger partial charge in [-0.15, -0.1) is 0 Å². The summed E-state index contributed by atoms with van der Waals surface area (Å²) in [5.74, 6) is 0.189. The van der Waals surface area contributed by atoms with Gasteiger partial charge >= 0.3 is 0 Å². The van der Waals surface area contributed by atoms with Crippen LogP contribution < -0.4 is 0 Å². The molecule has 5 nitrogen and oxygen atoms in total. The normalized spacial score (nSPS) is 12.6. The Balaban J connectivity index is 2.14. The Labute approximate surface area is 127 Å². The number of hydrogen-bond donors (Lipinski definition) is 1. The number of carbonyl (C=O) groups excluding carboxylic acids is 1. The second kappa shape index (κ2) is 6.56. The lowest BCUT2D eigenvalue weighted by molar-refractivity contribution is 0.0703. The van der Waals surface area contributed by atoms with E-state index in [4.69, 9.17) is 16.0 Å². The molecule has 1 unspecified atom stereocenters. The van der Waals surface area contributed by atoms with Crippen molar-refractivity contribution in [3.63, 3.8) is 0 Å². The largest absolute Gasteiger partial charge is 0.457 e. The quantitative estimate of drug-likeness (QED) is 0.524. The van der Waals surface area contributed by atoms with Gasteiger partial charge in [-0.3, -0.25) is 4.79 Å². The van der Waals surface area contributed by atoms with Crippen LogP contribution in [0.15, 0.2) is 45.9 Å². The highest BCUT2D eigenvalue weighted by atomic mass is 35.5. The second-order valence-corrected chi connectivity index (χ2v) is 5.04. The molecule has 1 heterocycles. The van der Waals surface area contributed by atoms with Crippen molar-refractivity contribution in [3.8, 4) is 0 Å². The molecule has 1 aromatic carbocycles. The van der Waals surface area contributed by atoms with Crippen LogP contribution in [0.4, 0.5) is 0 Å². The number of ketones is 1. The molecule has 2 aromatic rings. The van der Waals surface area contributed by atoms with Crippen molar-refractivity contribution in [3.05, 3.63) is 58.5 Å². The van der Waals surface area contributed by atoms with E-state index in [9.17, 15) is 9.90 Å². The van der Waals surface area contributed by atoms with Gasteiger partial charge in [0.05, 0.1) is 6.21 Å². The Kier molecular flexibility index (Phi) is 4.77. The molecule has 2 rings (SSSR count). The fraction of sp³-hybridized carbons (Fsp3) is 0.200. The number of aliphatic hydroxyl groups is 1. The van der Waals surface area contributed by atoms with Crippen molar-refractivity contribution >= 4 is 23.6 Å². The topological polar surface area (TPSA) is 66.0 Å². The zero-order valence-electron chi connectivity index (χ0n) is 11.7. The first-order valence-electron chi connectivity index (χ1n) is 6.26. The van der Waals surface area contributed by atoms with Crippen LogP contribution in [0.5, 0.6) is 0 Å². The van der Waals surface area contributed by atoms with Crippen molar-refractivity contribution in [2.75, 3.05) is 14.1 Å². The molecular weight excluding hydrogens is 292 g/mol. The van der Waals surface area contributed by atoms with Gasteiger partial charge < -0.3 is 14.5 Å². The first-order chi connectivity index (χ1) is 9.97. The van der Waals surface area contributed by atoms with Gasteiger partial charge in [0.25, 0.3) is 0 Å². The number of rotatable bonds is 5. The maximum absolute atomic E-state index is 12.1. The average Bonchev–Trinajstić information content (AvgIpc) is 2.93. The van der Waals surface area contributed by atoms with Crippen molar-refractivity contribution in [2.45, 2.75) is 6.10 Å². The van der Waals surface area contributed by atoms with Gasteiger partial charge in [-0.25, -0.2) is 0 Å². The number of carbonyl (C=O) groups is 1. The number of furan rings is 1. The molecule has 0 fully saturated rings. The maximum Gasteiger partial charge on any atom is 0.199 e. The standard InChI is InChI=1S/C15H15ClN2O3/c1-18(2)17-9-12-7-8-13(21-12)15(20)14(19)10-3-5-11(16)6-4-10/h3-9,15,20H,1-2H3/b17-9+. The Morgan fingerprint density at radius 2 is 1.95 bits per heavy atom. The van der Waals surface area contributed by atoms with Gasteiger partial charge in [-0.2, -0.15) is 5.10 Å². The first-order valence-corrected chi connectivity index (χ1v) is 6.64. The van der Waals surface area contributed by atoms with E-state index >= 15 is 0 Å². The van der Waals surface area contributed by atoms with Crippen LogP contribution in [0.25, 0.3) is 0 Å². The highest BCUT2D eigenvalue weighted by Crippen LogP contribution is 2.21. The third kappa shape index (κ3) is 3.93. The summed E-state index contributed by atoms with van der Waals surface area (Å²) in [6.07, 6.45) is 0.149. The van der Waals surface area contributed by atoms with Crippen molar-refractivity contribution in [1.82, 2.24) is 5.01 Å². The van der Waals surface area contributed by atoms with E-state index in [1.54, 1.807) is 55.5 Å². The van der Waals surface area contributed by atoms with Crippen molar-refractivity contribution < 1.29 is 14.3 Å². The number of hydrogen-bond acceptors (Lipinski definition) is 5. The molecule has 0 amide bonds. The smallest absolute Gasteiger partial charge is 0.199 e. The van der Waals surface area contributed by atoms with E-state index in [1.807, 2.05) is 0 Å². The summed E-state index contributed by atoms with van der Waals surface area (Å²) in [6.45, 7) is 0. The molecule has 6 heteroatoms. The minimum absolute atomic E-state index is 0.176. The van der Waals surface area contributed by atoms with Crippen molar-refractivity contribution in [2.24, 2.45) is 5.10 Å². The number of Topliss-reactive ketones (excluding diaryl/α,β-unsaturated/α-hetero) is 1. The molecule has 0 saturated heterocycles. The van der Waals surface area contributed by atoms with Crippen LogP contribution in [0.1, 0.15) is 28.0 Å². The summed E-state index contributed by atoms with van der Waals surface area (Å²) in [6, 6.07) is 9.50. The molecule has 0 spiro atoms. The molecule has 0 radical (unpaired) electrons. The fourth-order valence-corrected chi connectivity index (χ4v) is 1.78. The van der Waals surface area contributed by atoms with E-state index in [1.165, 1.54) is 6.21 Å². The van der Waals surface area contributed by atoms with E-state index in [0.29, 0.717) is 16.3 Å². The van der Waals surface area contributed by atoms with Gasteiger partial charge in [-0.05, 0) is 36.4 Å². The Bertz CT molecular complexity index is 647. The SMILES string of the molecule is CN(C)/N=C/c1ccc(C(O)C(=O)c2ccc(Cl)cc2)o1. The first kappa shape index (κ1) is 15.3. The fourth-order valence-electron chi connectivity index (χ4n) is 1.66. The number of aliphatic hydroxyl groups excluding tert-OH is 1. The minimum Gasteiger partial charge on any atom is -0.457 e. The molecule has 0 aliphatic carbocycles. The minimum atomic E-state index is -1.35. The summed E-state index contributed by atoms with van der Waals surface area (Å²) in [7, 11) is 3.55. The molecule has 0 saturated carbocycles. The van der Waals surface area contributed by atoms with Crippen LogP contribution >= 0.6 is 11.6 Å². The second-order valence-electron chi connectivity index (χ2n) is 4.61. The summed E-state index contributed by atoms with van der Waals surface area (Å²) >= 11 is 5.77. The van der Waals surface area contributed by atoms with Gasteiger partial charge in [0.15, 0.2) is 11.9 Å². The zero-order valence-corrected chi connectivity index (χ0v) is 12.4. The summed E-state index contributed by atoms with van der Waals surface area (Å²) in [4.78, 5) is 12.1. The summed E-state index contributed by atoms with van der Waals surface area (Å²) in [5, 5.41) is 16.2. The number of halogens is 1. The lowest BCUT2D eigenvalue weighted by Crippen LogP contribution is -2.11. The van der Waals surface area contributed by atoms with E-state index in [2.05, 4.69) is 5.10 Å². The monoisotopic (exact) mass is 306 g/mol. The molecule has 0 bridgehead atoms. The molecule has 0 aliphatic rings. The van der Waals surface area contributed by atoms with Gasteiger partial charge in [0.1, 0.15) is 11.5 Å². The van der Waals surface area contributed by atoms with E-state index < -0.39 is 11.9 Å². The van der Waals surface area contributed by atoms with Crippen LogP contribution in [0.2, 0.25) is 5.02 Å². The average molecular weight is 307 g/mol. The molecule has 110 valence electrons. The molecule has 1 aromatic heterocycles. The van der Waals surface area contributed by atoms with E-state index in [0.717, 1.165) is 0 Å². The van der Waals surface area contributed by atoms with Crippen LogP contribution in [0.3, 0.4) is 0 Å². The lowest BCUT2D eigenvalue weighted by Gasteiger charge is -2.07. The molecule has 0 aliphatic heterocycles. The van der Waals surface area contributed by atoms with Crippen LogP contribution in [-0.2, 0) is 0 Å². The Morgan fingerprint density at radius 3 is 2.57 bits per heavy atom. The lowest BCUT2D eigenvalue weighted by atomic mass is 10.1. The number of hydrazone groups is 1. The Morgan fingerprint density at radius 1 is 1.29 bits per heavy atom. The van der Waals surface area contributed by atoms with Crippen LogP contribution in [-0.4, -0.2) is 36.2 Å².